The maximum absolute atomic E-state index is 12.8. The number of amides is 4. The summed E-state index contributed by atoms with van der Waals surface area (Å²) >= 11 is 0. The molecule has 0 saturated carbocycles. The van der Waals surface area contributed by atoms with Crippen LogP contribution in [-0.4, -0.2) is 24.1 Å². The van der Waals surface area contributed by atoms with Crippen molar-refractivity contribution in [3.8, 4) is 0 Å². The van der Waals surface area contributed by atoms with E-state index in [1.54, 1.807) is 12.1 Å². The fraction of sp³-hybridized carbons (Fsp3) is 0.200. The summed E-state index contributed by atoms with van der Waals surface area (Å²) in [5.74, 6) is -2.38. The van der Waals surface area contributed by atoms with Gasteiger partial charge in [-0.05, 0) is 36.6 Å². The summed E-state index contributed by atoms with van der Waals surface area (Å²) in [4.78, 5) is 42.4. The molecule has 1 heterocycles. The van der Waals surface area contributed by atoms with Crippen molar-refractivity contribution in [2.75, 3.05) is 4.90 Å². The van der Waals surface area contributed by atoms with Gasteiger partial charge in [-0.2, -0.15) is 0 Å². The van der Waals surface area contributed by atoms with Gasteiger partial charge < -0.3 is 0 Å². The molecular formula is C20H19N3O3. The van der Waals surface area contributed by atoms with Crippen molar-refractivity contribution in [3.05, 3.63) is 65.2 Å². The van der Waals surface area contributed by atoms with Gasteiger partial charge in [0.2, 0.25) is 5.91 Å². The monoisotopic (exact) mass is 349 g/mol. The quantitative estimate of drug-likeness (QED) is 0.681. The normalized spacial score (nSPS) is 17.7. The predicted molar refractivity (Wildman–Crippen MR) is 99.1 cm³/mol. The largest absolute Gasteiger partial charge is 0.335 e. The molecule has 1 saturated heterocycles. The molecule has 132 valence electrons. The summed E-state index contributed by atoms with van der Waals surface area (Å²) in [6.45, 7) is 4.09. The van der Waals surface area contributed by atoms with Gasteiger partial charge >= 0.3 is 6.03 Å². The van der Waals surface area contributed by atoms with Crippen LogP contribution in [0.3, 0.4) is 0 Å². The molecule has 6 heteroatoms. The molecule has 0 aromatic heterocycles. The number of nitrogens with one attached hydrogen (secondary N) is 1. The Kier molecular flexibility index (Phi) is 4.93. The SMILES string of the molecule is Cc1cccc(N2C(=O)NC(=O)[C@H](C=NCc3ccccc3)C2=O)c1C. The van der Waals surface area contributed by atoms with Crippen molar-refractivity contribution in [2.24, 2.45) is 10.9 Å². The first-order valence-electron chi connectivity index (χ1n) is 8.28. The second-order valence-electron chi connectivity index (χ2n) is 6.14. The van der Waals surface area contributed by atoms with Crippen LogP contribution in [-0.2, 0) is 16.1 Å². The Balaban J connectivity index is 1.85. The number of aryl methyl sites for hydroxylation is 1. The van der Waals surface area contributed by atoms with E-state index in [1.807, 2.05) is 50.2 Å². The lowest BCUT2D eigenvalue weighted by Gasteiger charge is -2.29. The first-order valence-corrected chi connectivity index (χ1v) is 8.28. The predicted octanol–water partition coefficient (Wildman–Crippen LogP) is 2.77. The molecule has 3 rings (SSSR count). The summed E-state index contributed by atoms with van der Waals surface area (Å²) < 4.78 is 0. The van der Waals surface area contributed by atoms with E-state index in [9.17, 15) is 14.4 Å². The fourth-order valence-electron chi connectivity index (χ4n) is 2.77. The van der Waals surface area contributed by atoms with Crippen molar-refractivity contribution in [2.45, 2.75) is 20.4 Å². The van der Waals surface area contributed by atoms with Crippen molar-refractivity contribution >= 4 is 29.7 Å². The average Bonchev–Trinajstić information content (AvgIpc) is 2.62. The number of imide groups is 2. The lowest BCUT2D eigenvalue weighted by Crippen LogP contribution is -2.58. The lowest BCUT2D eigenvalue weighted by molar-refractivity contribution is -0.131. The highest BCUT2D eigenvalue weighted by Gasteiger charge is 2.40. The molecule has 6 nitrogen and oxygen atoms in total. The van der Waals surface area contributed by atoms with Crippen LogP contribution < -0.4 is 10.2 Å². The average molecular weight is 349 g/mol. The van der Waals surface area contributed by atoms with Gasteiger partial charge in [-0.1, -0.05) is 42.5 Å². The van der Waals surface area contributed by atoms with Crippen molar-refractivity contribution in [1.82, 2.24) is 5.32 Å². The van der Waals surface area contributed by atoms with Gasteiger partial charge in [0.25, 0.3) is 5.91 Å². The van der Waals surface area contributed by atoms with Crippen LogP contribution in [0.25, 0.3) is 0 Å². The molecule has 1 atom stereocenters. The van der Waals surface area contributed by atoms with Gasteiger partial charge in [0.1, 0.15) is 0 Å². The Hall–Kier alpha value is -3.28. The molecule has 0 spiro atoms. The standard InChI is InChI=1S/C20H19N3O3/c1-13-7-6-10-17(14(13)2)23-19(25)16(18(24)22-20(23)26)12-21-11-15-8-4-3-5-9-15/h3-10,12,16H,11H2,1-2H3,(H,22,24,26)/t16-/m0/s1. The fourth-order valence-corrected chi connectivity index (χ4v) is 2.77. The minimum absolute atomic E-state index is 0.356. The molecule has 0 aliphatic carbocycles. The number of urea groups is 1. The number of nitrogens with zero attached hydrogens (tertiary/aromatic N) is 2. The van der Waals surface area contributed by atoms with E-state index in [0.29, 0.717) is 12.2 Å². The number of rotatable bonds is 4. The van der Waals surface area contributed by atoms with Crippen LogP contribution in [0, 0.1) is 19.8 Å². The minimum Gasteiger partial charge on any atom is -0.291 e. The second-order valence-corrected chi connectivity index (χ2v) is 6.14. The zero-order chi connectivity index (χ0) is 18.7. The van der Waals surface area contributed by atoms with E-state index in [4.69, 9.17) is 0 Å². The molecule has 26 heavy (non-hydrogen) atoms. The molecule has 1 N–H and O–H groups in total. The number of barbiturate groups is 1. The van der Waals surface area contributed by atoms with Gasteiger partial charge in [-0.3, -0.25) is 19.9 Å². The third-order valence-electron chi connectivity index (χ3n) is 4.39. The molecule has 1 fully saturated rings. The molecular weight excluding hydrogens is 330 g/mol. The third kappa shape index (κ3) is 3.39. The first kappa shape index (κ1) is 17.5. The third-order valence-corrected chi connectivity index (χ3v) is 4.39. The maximum Gasteiger partial charge on any atom is 0.335 e. The van der Waals surface area contributed by atoms with Crippen molar-refractivity contribution in [1.29, 1.82) is 0 Å². The number of hydrogen-bond donors (Lipinski definition) is 1. The second kappa shape index (κ2) is 7.31. The van der Waals surface area contributed by atoms with Crippen LogP contribution in [0.5, 0.6) is 0 Å². The highest BCUT2D eigenvalue weighted by Crippen LogP contribution is 2.26. The molecule has 2 aromatic carbocycles. The van der Waals surface area contributed by atoms with Gasteiger partial charge in [0, 0.05) is 6.21 Å². The summed E-state index contributed by atoms with van der Waals surface area (Å²) in [5.41, 5.74) is 3.20. The van der Waals surface area contributed by atoms with Crippen molar-refractivity contribution < 1.29 is 14.4 Å². The summed E-state index contributed by atoms with van der Waals surface area (Å²) in [6, 6.07) is 14.1. The zero-order valence-corrected chi connectivity index (χ0v) is 14.6. The number of carbonyl (C=O) groups excluding carboxylic acids is 3. The Bertz CT molecular complexity index is 890. The first-order chi connectivity index (χ1) is 12.5. The van der Waals surface area contributed by atoms with Crippen LogP contribution in [0.1, 0.15) is 16.7 Å². The Labute approximate surface area is 151 Å². The lowest BCUT2D eigenvalue weighted by atomic mass is 10.0. The topological polar surface area (TPSA) is 78.8 Å². The number of benzene rings is 2. The molecule has 0 bridgehead atoms. The minimum atomic E-state index is -1.13. The molecule has 2 aromatic rings. The Morgan fingerprint density at radius 3 is 2.50 bits per heavy atom. The van der Waals surface area contributed by atoms with Gasteiger partial charge in [-0.15, -0.1) is 0 Å². The van der Waals surface area contributed by atoms with Crippen LogP contribution in [0.2, 0.25) is 0 Å². The maximum atomic E-state index is 12.8. The zero-order valence-electron chi connectivity index (χ0n) is 14.6. The van der Waals surface area contributed by atoms with Gasteiger partial charge in [0.05, 0.1) is 12.2 Å². The molecule has 0 unspecified atom stereocenters. The van der Waals surface area contributed by atoms with E-state index in [0.717, 1.165) is 21.6 Å². The van der Waals surface area contributed by atoms with Gasteiger partial charge in [0.15, 0.2) is 5.92 Å². The molecule has 4 amide bonds. The van der Waals surface area contributed by atoms with E-state index in [2.05, 4.69) is 10.3 Å². The molecule has 1 aliphatic rings. The Morgan fingerprint density at radius 1 is 1.04 bits per heavy atom. The number of aliphatic imine (C=N–C) groups is 1. The molecule has 0 radical (unpaired) electrons. The van der Waals surface area contributed by atoms with Gasteiger partial charge in [-0.25, -0.2) is 9.69 Å². The highest BCUT2D eigenvalue weighted by atomic mass is 16.2. The van der Waals surface area contributed by atoms with E-state index >= 15 is 0 Å². The molecule has 1 aliphatic heterocycles. The van der Waals surface area contributed by atoms with Crippen LogP contribution in [0.4, 0.5) is 10.5 Å². The summed E-state index contributed by atoms with van der Waals surface area (Å²) in [6.07, 6.45) is 1.31. The summed E-state index contributed by atoms with van der Waals surface area (Å²) in [5, 5.41) is 2.24. The van der Waals surface area contributed by atoms with E-state index < -0.39 is 23.8 Å². The number of hydrogen-bond acceptors (Lipinski definition) is 4. The van der Waals surface area contributed by atoms with E-state index in [-0.39, 0.29) is 0 Å². The van der Waals surface area contributed by atoms with Crippen LogP contribution in [0.15, 0.2) is 53.5 Å². The smallest absolute Gasteiger partial charge is 0.291 e. The van der Waals surface area contributed by atoms with Crippen LogP contribution >= 0.6 is 0 Å². The highest BCUT2D eigenvalue weighted by molar-refractivity contribution is 6.32. The number of carbonyl (C=O) groups is 3. The van der Waals surface area contributed by atoms with E-state index in [1.165, 1.54) is 6.21 Å². The van der Waals surface area contributed by atoms with Crippen molar-refractivity contribution in [3.63, 3.8) is 0 Å². The Morgan fingerprint density at radius 2 is 1.77 bits per heavy atom. The number of anilines is 1. The summed E-state index contributed by atoms with van der Waals surface area (Å²) in [7, 11) is 0.